The molecular formula is C13H18Br2N2. The van der Waals surface area contributed by atoms with E-state index in [-0.39, 0.29) is 5.54 Å². The van der Waals surface area contributed by atoms with Crippen molar-refractivity contribution in [1.29, 1.82) is 0 Å². The maximum absolute atomic E-state index is 3.66. The van der Waals surface area contributed by atoms with Gasteiger partial charge in [0.2, 0.25) is 0 Å². The molecule has 2 nitrogen and oxygen atoms in total. The van der Waals surface area contributed by atoms with Crippen LogP contribution < -0.4 is 10.2 Å². The van der Waals surface area contributed by atoms with Crippen molar-refractivity contribution in [3.05, 3.63) is 27.1 Å². The number of rotatable bonds is 1. The molecule has 0 amide bonds. The first-order valence-corrected chi connectivity index (χ1v) is 7.45. The molecule has 1 aromatic carbocycles. The maximum Gasteiger partial charge on any atom is 0.0658 e. The van der Waals surface area contributed by atoms with E-state index in [0.29, 0.717) is 6.04 Å². The van der Waals surface area contributed by atoms with Crippen LogP contribution in [-0.2, 0) is 0 Å². The van der Waals surface area contributed by atoms with Crippen molar-refractivity contribution in [2.24, 2.45) is 0 Å². The van der Waals surface area contributed by atoms with Gasteiger partial charge in [0.25, 0.3) is 0 Å². The Morgan fingerprint density at radius 3 is 2.47 bits per heavy atom. The zero-order valence-electron chi connectivity index (χ0n) is 10.4. The van der Waals surface area contributed by atoms with Gasteiger partial charge in [-0.15, -0.1) is 0 Å². The van der Waals surface area contributed by atoms with E-state index >= 15 is 0 Å². The summed E-state index contributed by atoms with van der Waals surface area (Å²) in [4.78, 5) is 2.46. The lowest BCUT2D eigenvalue weighted by atomic mass is 9.98. The highest BCUT2D eigenvalue weighted by molar-refractivity contribution is 9.11. The smallest absolute Gasteiger partial charge is 0.0658 e. The van der Waals surface area contributed by atoms with E-state index in [0.717, 1.165) is 22.0 Å². The van der Waals surface area contributed by atoms with Crippen LogP contribution in [0.2, 0.25) is 0 Å². The van der Waals surface area contributed by atoms with Crippen LogP contribution in [0.5, 0.6) is 0 Å². The number of nitrogens with one attached hydrogen (secondary N) is 1. The van der Waals surface area contributed by atoms with Crippen LogP contribution in [0, 0.1) is 0 Å². The van der Waals surface area contributed by atoms with E-state index in [1.54, 1.807) is 0 Å². The third-order valence-corrected chi connectivity index (χ3v) is 4.48. The lowest BCUT2D eigenvalue weighted by molar-refractivity contribution is 0.318. The van der Waals surface area contributed by atoms with Gasteiger partial charge in [-0.1, -0.05) is 6.07 Å². The molecule has 1 fully saturated rings. The number of halogens is 2. The first-order chi connectivity index (χ1) is 7.91. The van der Waals surface area contributed by atoms with Crippen LogP contribution in [0.15, 0.2) is 27.1 Å². The first-order valence-electron chi connectivity index (χ1n) is 5.86. The van der Waals surface area contributed by atoms with Gasteiger partial charge in [0, 0.05) is 33.6 Å². The fourth-order valence-corrected chi connectivity index (χ4v) is 3.69. The molecule has 0 radical (unpaired) electrons. The molecule has 1 heterocycles. The van der Waals surface area contributed by atoms with Gasteiger partial charge in [-0.3, -0.25) is 0 Å². The van der Waals surface area contributed by atoms with E-state index in [4.69, 9.17) is 0 Å². The van der Waals surface area contributed by atoms with E-state index in [2.05, 4.69) is 81.0 Å². The van der Waals surface area contributed by atoms with Gasteiger partial charge in [-0.2, -0.15) is 0 Å². The summed E-state index contributed by atoms with van der Waals surface area (Å²) >= 11 is 7.31. The predicted octanol–water partition coefficient (Wildman–Crippen LogP) is 3.79. The Labute approximate surface area is 120 Å². The van der Waals surface area contributed by atoms with Crippen molar-refractivity contribution in [2.75, 3.05) is 18.0 Å². The van der Waals surface area contributed by atoms with Crippen molar-refractivity contribution in [3.8, 4) is 0 Å². The molecule has 0 aliphatic carbocycles. The zero-order valence-corrected chi connectivity index (χ0v) is 13.6. The van der Waals surface area contributed by atoms with Gasteiger partial charge in [0.05, 0.1) is 5.69 Å². The van der Waals surface area contributed by atoms with Gasteiger partial charge in [0.15, 0.2) is 0 Å². The molecule has 0 saturated carbocycles. The molecule has 4 heteroatoms. The second-order valence-electron chi connectivity index (χ2n) is 5.31. The number of hydrogen-bond donors (Lipinski definition) is 1. The number of benzene rings is 1. The largest absolute Gasteiger partial charge is 0.364 e. The third kappa shape index (κ3) is 2.85. The van der Waals surface area contributed by atoms with Crippen molar-refractivity contribution in [1.82, 2.24) is 5.32 Å². The van der Waals surface area contributed by atoms with E-state index in [9.17, 15) is 0 Å². The van der Waals surface area contributed by atoms with Crippen molar-refractivity contribution in [3.63, 3.8) is 0 Å². The monoisotopic (exact) mass is 360 g/mol. The molecule has 94 valence electrons. The summed E-state index contributed by atoms with van der Waals surface area (Å²) in [5, 5.41) is 3.57. The molecule has 1 N–H and O–H groups in total. The number of para-hydroxylation sites is 1. The summed E-state index contributed by atoms with van der Waals surface area (Å²) in [6.45, 7) is 8.78. The minimum Gasteiger partial charge on any atom is -0.364 e. The average Bonchev–Trinajstić information content (AvgIpc) is 2.23. The standard InChI is InChI=1S/C13H18Br2N2/c1-9-7-16-13(2,3)8-17(9)12-10(14)5-4-6-11(12)15/h4-6,9,16H,7-8H2,1-3H3. The van der Waals surface area contributed by atoms with Gasteiger partial charge in [-0.05, 0) is 64.8 Å². The molecule has 1 aliphatic heterocycles. The minimum atomic E-state index is 0.154. The molecule has 1 saturated heterocycles. The molecule has 0 bridgehead atoms. The Kier molecular flexibility index (Phi) is 3.86. The molecule has 1 aliphatic rings. The number of anilines is 1. The second-order valence-corrected chi connectivity index (χ2v) is 7.02. The van der Waals surface area contributed by atoms with E-state index in [1.165, 1.54) is 5.69 Å². The normalized spacial score (nSPS) is 23.8. The molecule has 2 rings (SSSR count). The topological polar surface area (TPSA) is 15.3 Å². The molecule has 1 atom stereocenters. The van der Waals surface area contributed by atoms with E-state index in [1.807, 2.05) is 0 Å². The molecular weight excluding hydrogens is 344 g/mol. The van der Waals surface area contributed by atoms with Crippen LogP contribution in [0.4, 0.5) is 5.69 Å². The minimum absolute atomic E-state index is 0.154. The Bertz CT molecular complexity index is 398. The summed E-state index contributed by atoms with van der Waals surface area (Å²) in [7, 11) is 0. The van der Waals surface area contributed by atoms with Gasteiger partial charge >= 0.3 is 0 Å². The quantitative estimate of drug-likeness (QED) is 0.818. The summed E-state index contributed by atoms with van der Waals surface area (Å²) in [5.41, 5.74) is 1.41. The van der Waals surface area contributed by atoms with Crippen LogP contribution in [-0.4, -0.2) is 24.7 Å². The van der Waals surface area contributed by atoms with E-state index < -0.39 is 0 Å². The SMILES string of the molecule is CC1CNC(C)(C)CN1c1c(Br)cccc1Br. The Balaban J connectivity index is 2.37. The lowest BCUT2D eigenvalue weighted by Crippen LogP contribution is -2.61. The molecule has 0 aromatic heterocycles. The summed E-state index contributed by atoms with van der Waals surface area (Å²) in [6.07, 6.45) is 0. The fourth-order valence-electron chi connectivity index (χ4n) is 2.23. The maximum atomic E-state index is 3.66. The Hall–Kier alpha value is -0.0600. The average molecular weight is 362 g/mol. The first kappa shape index (κ1) is 13.4. The predicted molar refractivity (Wildman–Crippen MR) is 80.7 cm³/mol. The number of piperazine rings is 1. The lowest BCUT2D eigenvalue weighted by Gasteiger charge is -2.45. The molecule has 1 aromatic rings. The van der Waals surface area contributed by atoms with Crippen molar-refractivity contribution >= 4 is 37.5 Å². The summed E-state index contributed by atoms with van der Waals surface area (Å²) in [5.74, 6) is 0. The van der Waals surface area contributed by atoms with Crippen LogP contribution in [0.25, 0.3) is 0 Å². The Morgan fingerprint density at radius 2 is 1.88 bits per heavy atom. The van der Waals surface area contributed by atoms with Crippen LogP contribution in [0.3, 0.4) is 0 Å². The molecule has 1 unspecified atom stereocenters. The number of hydrogen-bond acceptors (Lipinski definition) is 2. The zero-order chi connectivity index (χ0) is 12.6. The summed E-state index contributed by atoms with van der Waals surface area (Å²) < 4.78 is 2.30. The highest BCUT2D eigenvalue weighted by Crippen LogP contribution is 2.36. The summed E-state index contributed by atoms with van der Waals surface area (Å²) in [6, 6.07) is 6.75. The Morgan fingerprint density at radius 1 is 1.29 bits per heavy atom. The fraction of sp³-hybridized carbons (Fsp3) is 0.538. The van der Waals surface area contributed by atoms with Crippen LogP contribution in [0.1, 0.15) is 20.8 Å². The highest BCUT2D eigenvalue weighted by Gasteiger charge is 2.31. The third-order valence-electron chi connectivity index (χ3n) is 3.20. The van der Waals surface area contributed by atoms with Crippen molar-refractivity contribution in [2.45, 2.75) is 32.4 Å². The number of nitrogens with zero attached hydrogens (tertiary/aromatic N) is 1. The van der Waals surface area contributed by atoms with Gasteiger partial charge < -0.3 is 10.2 Å². The van der Waals surface area contributed by atoms with Crippen molar-refractivity contribution < 1.29 is 0 Å². The van der Waals surface area contributed by atoms with Crippen LogP contribution >= 0.6 is 31.9 Å². The van der Waals surface area contributed by atoms with Gasteiger partial charge in [0.1, 0.15) is 0 Å². The molecule has 0 spiro atoms. The highest BCUT2D eigenvalue weighted by atomic mass is 79.9. The van der Waals surface area contributed by atoms with Gasteiger partial charge in [-0.25, -0.2) is 0 Å². The molecule has 17 heavy (non-hydrogen) atoms. The second kappa shape index (κ2) is 4.90.